The molecular weight excluding hydrogens is 496 g/mol. The Hall–Kier alpha value is -3.56. The van der Waals surface area contributed by atoms with Crippen molar-refractivity contribution in [1.29, 1.82) is 0 Å². The van der Waals surface area contributed by atoms with Gasteiger partial charge in [-0.3, -0.25) is 0 Å². The van der Waals surface area contributed by atoms with Gasteiger partial charge >= 0.3 is 12.4 Å². The number of hydrogen-bond donors (Lipinski definition) is 1. The molecule has 0 bridgehead atoms. The number of nitrogen functional groups attached to an aromatic ring is 1. The average Bonchev–Trinajstić information content (AvgIpc) is 3.22. The van der Waals surface area contributed by atoms with Gasteiger partial charge in [0.1, 0.15) is 17.5 Å². The van der Waals surface area contributed by atoms with E-state index in [4.69, 9.17) is 10.5 Å². The largest absolute Gasteiger partial charge is 0.482 e. The summed E-state index contributed by atoms with van der Waals surface area (Å²) in [4.78, 5) is 3.36. The number of halogens is 6. The molecule has 2 aromatic carbocycles. The highest BCUT2D eigenvalue weighted by atomic mass is 19.4. The quantitative estimate of drug-likeness (QED) is 0.331. The lowest BCUT2D eigenvalue weighted by atomic mass is 9.82. The number of nitrogens with two attached hydrogens (primary N) is 1. The van der Waals surface area contributed by atoms with Crippen molar-refractivity contribution in [3.05, 3.63) is 88.3 Å². The summed E-state index contributed by atoms with van der Waals surface area (Å²) in [7, 11) is 1.62. The van der Waals surface area contributed by atoms with Crippen LogP contribution in [-0.4, -0.2) is 17.5 Å². The number of ether oxygens (including phenoxy) is 1. The molecule has 0 aromatic heterocycles. The third kappa shape index (κ3) is 3.84. The Balaban J connectivity index is 1.68. The number of nitrogens with zero attached hydrogens (tertiary/aromatic N) is 2. The Kier molecular flexibility index (Phi) is 5.41. The molecule has 0 saturated heterocycles. The van der Waals surface area contributed by atoms with Gasteiger partial charge in [-0.2, -0.15) is 26.3 Å². The molecule has 2 heterocycles. The molecule has 196 valence electrons. The number of benzene rings is 2. The predicted molar refractivity (Wildman–Crippen MR) is 129 cm³/mol. The Labute approximate surface area is 210 Å². The van der Waals surface area contributed by atoms with Crippen LogP contribution in [-0.2, 0) is 12.4 Å². The van der Waals surface area contributed by atoms with Crippen LogP contribution in [0.5, 0.6) is 5.75 Å². The molecule has 2 aromatic rings. The van der Waals surface area contributed by atoms with Crippen LogP contribution in [0.3, 0.4) is 0 Å². The molecule has 0 fully saturated rings. The Morgan fingerprint density at radius 2 is 1.62 bits per heavy atom. The van der Waals surface area contributed by atoms with Crippen molar-refractivity contribution in [3.8, 4) is 5.75 Å². The van der Waals surface area contributed by atoms with Gasteiger partial charge in [0.25, 0.3) is 0 Å². The Morgan fingerprint density at radius 3 is 2.27 bits per heavy atom. The fourth-order valence-corrected chi connectivity index (χ4v) is 5.42. The van der Waals surface area contributed by atoms with Crippen LogP contribution in [0.25, 0.3) is 0 Å². The van der Waals surface area contributed by atoms with E-state index >= 15 is 0 Å². The fourth-order valence-electron chi connectivity index (χ4n) is 5.42. The van der Waals surface area contributed by atoms with E-state index in [2.05, 4.69) is 0 Å². The van der Waals surface area contributed by atoms with Crippen LogP contribution < -0.4 is 15.4 Å². The van der Waals surface area contributed by atoms with Gasteiger partial charge in [-0.15, -0.1) is 0 Å². The minimum Gasteiger partial charge on any atom is -0.482 e. The number of anilines is 2. The van der Waals surface area contributed by atoms with Crippen LogP contribution in [0.15, 0.2) is 66.0 Å². The summed E-state index contributed by atoms with van der Waals surface area (Å²) in [5, 5.41) is 0. The van der Waals surface area contributed by atoms with Gasteiger partial charge in [0.15, 0.2) is 0 Å². The topological polar surface area (TPSA) is 41.7 Å². The summed E-state index contributed by atoms with van der Waals surface area (Å²) < 4.78 is 88.6. The Bertz CT molecular complexity index is 1370. The molecule has 3 atom stereocenters. The van der Waals surface area contributed by atoms with E-state index in [0.717, 1.165) is 5.56 Å². The molecule has 5 rings (SSSR count). The molecule has 0 radical (unpaired) electrons. The van der Waals surface area contributed by atoms with Gasteiger partial charge in [0.2, 0.25) is 0 Å². The van der Waals surface area contributed by atoms with Gasteiger partial charge in [0.05, 0.1) is 16.8 Å². The number of alkyl halides is 6. The average molecular weight is 522 g/mol. The summed E-state index contributed by atoms with van der Waals surface area (Å²) in [5.41, 5.74) is 4.31. The maximum atomic E-state index is 13.8. The third-order valence-electron chi connectivity index (χ3n) is 7.54. The first-order valence-electron chi connectivity index (χ1n) is 11.6. The summed E-state index contributed by atoms with van der Waals surface area (Å²) in [6, 6.07) is 6.20. The van der Waals surface area contributed by atoms with Gasteiger partial charge < -0.3 is 20.3 Å². The van der Waals surface area contributed by atoms with Gasteiger partial charge in [-0.05, 0) is 57.2 Å². The predicted octanol–water partition coefficient (Wildman–Crippen LogP) is 7.37. The van der Waals surface area contributed by atoms with Crippen molar-refractivity contribution in [2.45, 2.75) is 50.8 Å². The van der Waals surface area contributed by atoms with E-state index in [1.165, 1.54) is 0 Å². The molecule has 2 N–H and O–H groups in total. The van der Waals surface area contributed by atoms with Gasteiger partial charge in [-0.1, -0.05) is 18.2 Å². The standard InChI is InChI=1S/C27H25F6N3O/c1-14-15(2)36(17-8-9-22-18(13-17)20-7-5-6-10-25(20,3)37-22)24(35(14)4)19-11-16(26(28,29)30)12-21(23(19)34)27(31,32)33/h5-13,20,24H,34H2,1-4H3. The number of hydrogen-bond acceptors (Lipinski definition) is 4. The smallest absolute Gasteiger partial charge is 0.418 e. The minimum absolute atomic E-state index is 0.0712. The highest BCUT2D eigenvalue weighted by Gasteiger charge is 2.45. The third-order valence-corrected chi connectivity index (χ3v) is 7.54. The maximum absolute atomic E-state index is 13.8. The lowest BCUT2D eigenvalue weighted by molar-refractivity contribution is -0.142. The first-order chi connectivity index (χ1) is 17.1. The second-order valence-electron chi connectivity index (χ2n) is 9.78. The van der Waals surface area contributed by atoms with Crippen molar-refractivity contribution < 1.29 is 31.1 Å². The molecule has 3 unspecified atom stereocenters. The van der Waals surface area contributed by atoms with E-state index in [1.54, 1.807) is 42.8 Å². The lowest BCUT2D eigenvalue weighted by Crippen LogP contribution is -2.32. The first-order valence-corrected chi connectivity index (χ1v) is 11.6. The van der Waals surface area contributed by atoms with E-state index < -0.39 is 40.9 Å². The molecule has 3 aliphatic rings. The van der Waals surface area contributed by atoms with E-state index in [0.29, 0.717) is 28.9 Å². The van der Waals surface area contributed by atoms with Crippen molar-refractivity contribution >= 4 is 11.4 Å². The zero-order valence-corrected chi connectivity index (χ0v) is 20.5. The SMILES string of the molecule is CC1=C(C)N(c2ccc3c(c2)C2C=CC=CC2(C)O3)C(c2cc(C(F)(F)F)cc(C(F)(F)F)c2N)N1C. The molecule has 0 spiro atoms. The van der Waals surface area contributed by atoms with Crippen LogP contribution in [0.2, 0.25) is 0 Å². The molecular formula is C27H25F6N3O. The zero-order valence-electron chi connectivity index (χ0n) is 20.5. The van der Waals surface area contributed by atoms with Crippen LogP contribution in [0, 0.1) is 0 Å². The van der Waals surface area contributed by atoms with Crippen molar-refractivity contribution in [2.75, 3.05) is 17.7 Å². The zero-order chi connectivity index (χ0) is 27.1. The van der Waals surface area contributed by atoms with Crippen molar-refractivity contribution in [2.24, 2.45) is 0 Å². The minimum atomic E-state index is -5.06. The van der Waals surface area contributed by atoms with Crippen LogP contribution in [0.1, 0.15) is 55.1 Å². The second-order valence-corrected chi connectivity index (χ2v) is 9.78. The molecule has 2 aliphatic heterocycles. The summed E-state index contributed by atoms with van der Waals surface area (Å²) >= 11 is 0. The first kappa shape index (κ1) is 25.1. The molecule has 0 saturated carbocycles. The highest BCUT2D eigenvalue weighted by Crippen LogP contribution is 2.52. The number of rotatable bonds is 2. The fraction of sp³-hybridized carbons (Fsp3) is 0.333. The molecule has 4 nitrogen and oxygen atoms in total. The van der Waals surface area contributed by atoms with Crippen molar-refractivity contribution in [1.82, 2.24) is 4.90 Å². The Morgan fingerprint density at radius 1 is 0.919 bits per heavy atom. The van der Waals surface area contributed by atoms with E-state index in [1.807, 2.05) is 37.3 Å². The molecule has 10 heteroatoms. The second kappa shape index (κ2) is 7.97. The monoisotopic (exact) mass is 521 g/mol. The van der Waals surface area contributed by atoms with Crippen LogP contribution >= 0.6 is 0 Å². The summed E-state index contributed by atoms with van der Waals surface area (Å²) in [6.07, 6.45) is -3.29. The number of allylic oxidation sites excluding steroid dienone is 4. The summed E-state index contributed by atoms with van der Waals surface area (Å²) in [6.45, 7) is 5.50. The van der Waals surface area contributed by atoms with Gasteiger partial charge in [0, 0.05) is 41.2 Å². The molecule has 37 heavy (non-hydrogen) atoms. The van der Waals surface area contributed by atoms with E-state index in [9.17, 15) is 26.3 Å². The molecule has 1 aliphatic carbocycles. The van der Waals surface area contributed by atoms with Crippen LogP contribution in [0.4, 0.5) is 37.7 Å². The maximum Gasteiger partial charge on any atom is 0.418 e. The van der Waals surface area contributed by atoms with Gasteiger partial charge in [-0.25, -0.2) is 0 Å². The normalized spacial score (nSPS) is 25.0. The van der Waals surface area contributed by atoms with Crippen molar-refractivity contribution in [3.63, 3.8) is 0 Å². The summed E-state index contributed by atoms with van der Waals surface area (Å²) in [5.74, 6) is 0.583. The molecule has 0 amide bonds. The number of fused-ring (bicyclic) bond motifs is 3. The van der Waals surface area contributed by atoms with E-state index in [-0.39, 0.29) is 17.5 Å². The lowest BCUT2D eigenvalue weighted by Gasteiger charge is -2.35. The highest BCUT2D eigenvalue weighted by molar-refractivity contribution is 5.67.